The van der Waals surface area contributed by atoms with Gasteiger partial charge in [0, 0.05) is 27.7 Å². The van der Waals surface area contributed by atoms with Crippen LogP contribution in [-0.2, 0) is 0 Å². The third-order valence-electron chi connectivity index (χ3n) is 6.64. The molecule has 0 radical (unpaired) electrons. The molecule has 0 bridgehead atoms. The fraction of sp³-hybridized carbons (Fsp3) is 0.0556. The molecule has 0 aliphatic heterocycles. The molecule has 6 aromatic rings. The van der Waals surface area contributed by atoms with E-state index in [1.807, 2.05) is 38.3 Å². The number of hydrogen-bond acceptors (Lipinski definition) is 2. The van der Waals surface area contributed by atoms with Gasteiger partial charge in [-0.05, 0) is 41.8 Å². The van der Waals surface area contributed by atoms with E-state index in [2.05, 4.69) is 116 Å². The SMILES string of the molecule is C=Cc1ccc2c(-c3ccc(P(c4ccccc4)c4ccccc4)cn3)nc3ccccc3c2c1C=C.CC. The van der Waals surface area contributed by atoms with Crippen LogP contribution < -0.4 is 15.9 Å². The Kier molecular flexibility index (Phi) is 8.06. The van der Waals surface area contributed by atoms with Gasteiger partial charge in [-0.3, -0.25) is 4.98 Å². The second kappa shape index (κ2) is 12.0. The fourth-order valence-electron chi connectivity index (χ4n) is 4.94. The summed E-state index contributed by atoms with van der Waals surface area (Å²) in [4.78, 5) is 10.1. The Morgan fingerprint density at radius 3 is 1.85 bits per heavy atom. The lowest BCUT2D eigenvalue weighted by Gasteiger charge is -2.19. The molecule has 0 aliphatic carbocycles. The molecule has 4 aromatic carbocycles. The van der Waals surface area contributed by atoms with Crippen molar-refractivity contribution in [2.45, 2.75) is 13.8 Å². The van der Waals surface area contributed by atoms with E-state index >= 15 is 0 Å². The Balaban J connectivity index is 0.00000151. The minimum absolute atomic E-state index is 0.712. The number of pyridine rings is 2. The highest BCUT2D eigenvalue weighted by Gasteiger charge is 2.18. The van der Waals surface area contributed by atoms with Crippen molar-refractivity contribution >= 4 is 57.7 Å². The van der Waals surface area contributed by atoms with Gasteiger partial charge in [0.25, 0.3) is 0 Å². The molecule has 0 atom stereocenters. The fourth-order valence-corrected chi connectivity index (χ4v) is 7.17. The predicted molar refractivity (Wildman–Crippen MR) is 173 cm³/mol. The maximum absolute atomic E-state index is 5.08. The van der Waals surface area contributed by atoms with Crippen LogP contribution in [0.5, 0.6) is 0 Å². The average Bonchev–Trinajstić information content (AvgIpc) is 3.02. The summed E-state index contributed by atoms with van der Waals surface area (Å²) in [7, 11) is -0.712. The zero-order chi connectivity index (χ0) is 27.2. The van der Waals surface area contributed by atoms with Crippen molar-refractivity contribution in [1.82, 2.24) is 9.97 Å². The Hall–Kier alpha value is -4.39. The molecule has 39 heavy (non-hydrogen) atoms. The van der Waals surface area contributed by atoms with Gasteiger partial charge in [0.05, 0.1) is 16.9 Å². The maximum Gasteiger partial charge on any atom is 0.0972 e. The smallest absolute Gasteiger partial charge is 0.0972 e. The summed E-state index contributed by atoms with van der Waals surface area (Å²) in [6, 6.07) is 38.2. The lowest BCUT2D eigenvalue weighted by atomic mass is 9.94. The van der Waals surface area contributed by atoms with E-state index in [4.69, 9.17) is 9.97 Å². The van der Waals surface area contributed by atoms with Gasteiger partial charge < -0.3 is 0 Å². The van der Waals surface area contributed by atoms with Gasteiger partial charge in [0.1, 0.15) is 0 Å². The lowest BCUT2D eigenvalue weighted by molar-refractivity contribution is 1.30. The van der Waals surface area contributed by atoms with Crippen molar-refractivity contribution in [3.05, 3.63) is 140 Å². The standard InChI is InChI=1S/C34H25N2P.C2H6/c1-3-24-19-21-30-33(28(24)4-2)29-17-11-12-18-31(29)36-34(30)32-22-20-27(23-35-32)37(25-13-7-5-8-14-25)26-15-9-6-10-16-26;1-2/h3-23H,1-2H2;1-2H3. The Labute approximate surface area is 232 Å². The van der Waals surface area contributed by atoms with Crippen LogP contribution in [-0.4, -0.2) is 9.97 Å². The molecule has 0 unspecified atom stereocenters. The van der Waals surface area contributed by atoms with Gasteiger partial charge in [-0.1, -0.05) is 136 Å². The molecule has 0 saturated heterocycles. The van der Waals surface area contributed by atoms with Crippen LogP contribution >= 0.6 is 7.92 Å². The van der Waals surface area contributed by atoms with Crippen molar-refractivity contribution in [2.75, 3.05) is 0 Å². The van der Waals surface area contributed by atoms with E-state index < -0.39 is 7.92 Å². The summed E-state index contributed by atoms with van der Waals surface area (Å²) in [6.45, 7) is 12.1. The van der Waals surface area contributed by atoms with Crippen molar-refractivity contribution in [1.29, 1.82) is 0 Å². The molecule has 3 heteroatoms. The number of fused-ring (bicyclic) bond motifs is 3. The summed E-state index contributed by atoms with van der Waals surface area (Å²) in [5, 5.41) is 7.12. The number of para-hydroxylation sites is 1. The molecule has 2 heterocycles. The van der Waals surface area contributed by atoms with Crippen LogP contribution in [0.15, 0.2) is 129 Å². The summed E-state index contributed by atoms with van der Waals surface area (Å²) in [6.07, 6.45) is 5.82. The van der Waals surface area contributed by atoms with Gasteiger partial charge in [0.15, 0.2) is 0 Å². The first-order valence-electron chi connectivity index (χ1n) is 13.3. The zero-order valence-electron chi connectivity index (χ0n) is 22.4. The second-order valence-corrected chi connectivity index (χ2v) is 11.0. The second-order valence-electron chi connectivity index (χ2n) is 8.78. The topological polar surface area (TPSA) is 25.8 Å². The van der Waals surface area contributed by atoms with E-state index in [-0.39, 0.29) is 0 Å². The molecule has 0 aliphatic rings. The minimum atomic E-state index is -0.712. The molecule has 2 aromatic heterocycles. The Morgan fingerprint density at radius 2 is 1.26 bits per heavy atom. The molecule has 6 rings (SSSR count). The summed E-state index contributed by atoms with van der Waals surface area (Å²) < 4.78 is 0. The van der Waals surface area contributed by atoms with Gasteiger partial charge >= 0.3 is 0 Å². The summed E-state index contributed by atoms with van der Waals surface area (Å²) in [5.41, 5.74) is 4.81. The van der Waals surface area contributed by atoms with E-state index in [9.17, 15) is 0 Å². The highest BCUT2D eigenvalue weighted by atomic mass is 31.1. The first kappa shape index (κ1) is 26.2. The first-order chi connectivity index (χ1) is 19.3. The quantitative estimate of drug-likeness (QED) is 0.162. The maximum atomic E-state index is 5.08. The normalized spacial score (nSPS) is 10.7. The molecule has 0 spiro atoms. The first-order valence-corrected chi connectivity index (χ1v) is 14.6. The number of rotatable bonds is 6. The van der Waals surface area contributed by atoms with Crippen molar-refractivity contribution in [2.24, 2.45) is 0 Å². The van der Waals surface area contributed by atoms with Crippen molar-refractivity contribution in [3.8, 4) is 11.4 Å². The third kappa shape index (κ3) is 5.04. The molecule has 2 nitrogen and oxygen atoms in total. The molecule has 0 fully saturated rings. The van der Waals surface area contributed by atoms with Crippen molar-refractivity contribution in [3.63, 3.8) is 0 Å². The molecule has 0 N–H and O–H groups in total. The average molecular weight is 523 g/mol. The van der Waals surface area contributed by atoms with Gasteiger partial charge in [-0.2, -0.15) is 0 Å². The van der Waals surface area contributed by atoms with E-state index in [0.717, 1.165) is 44.2 Å². The van der Waals surface area contributed by atoms with Crippen LogP contribution in [0.25, 0.3) is 45.2 Å². The molecule has 0 amide bonds. The molecular formula is C36H31N2P. The van der Waals surface area contributed by atoms with Crippen LogP contribution in [0, 0.1) is 0 Å². The highest BCUT2D eigenvalue weighted by Crippen LogP contribution is 2.37. The lowest BCUT2D eigenvalue weighted by Crippen LogP contribution is -2.20. The largest absolute Gasteiger partial charge is 0.254 e. The number of hydrogen-bond donors (Lipinski definition) is 0. The molecular weight excluding hydrogens is 491 g/mol. The van der Waals surface area contributed by atoms with Crippen LogP contribution in [0.4, 0.5) is 0 Å². The predicted octanol–water partition coefficient (Wildman–Crippen LogP) is 8.52. The molecule has 190 valence electrons. The minimum Gasteiger partial charge on any atom is -0.254 e. The number of benzene rings is 4. The van der Waals surface area contributed by atoms with Crippen molar-refractivity contribution < 1.29 is 0 Å². The van der Waals surface area contributed by atoms with Crippen LogP contribution in [0.3, 0.4) is 0 Å². The van der Waals surface area contributed by atoms with Crippen LogP contribution in [0.1, 0.15) is 25.0 Å². The van der Waals surface area contributed by atoms with E-state index in [0.29, 0.717) is 0 Å². The molecule has 0 saturated carbocycles. The number of aromatic nitrogens is 2. The summed E-state index contributed by atoms with van der Waals surface area (Å²) in [5.74, 6) is 0. The summed E-state index contributed by atoms with van der Waals surface area (Å²) >= 11 is 0. The Morgan fingerprint density at radius 1 is 0.615 bits per heavy atom. The van der Waals surface area contributed by atoms with E-state index in [1.54, 1.807) is 0 Å². The Bertz CT molecular complexity index is 1700. The van der Waals surface area contributed by atoms with Gasteiger partial charge in [0.2, 0.25) is 0 Å². The van der Waals surface area contributed by atoms with Gasteiger partial charge in [-0.15, -0.1) is 0 Å². The van der Waals surface area contributed by atoms with Gasteiger partial charge in [-0.25, -0.2) is 4.98 Å². The number of nitrogens with zero attached hydrogens (tertiary/aromatic N) is 2. The van der Waals surface area contributed by atoms with Crippen LogP contribution in [0.2, 0.25) is 0 Å². The third-order valence-corrected chi connectivity index (χ3v) is 9.05. The zero-order valence-corrected chi connectivity index (χ0v) is 23.3. The van der Waals surface area contributed by atoms with E-state index in [1.165, 1.54) is 15.9 Å². The monoisotopic (exact) mass is 522 g/mol. The highest BCUT2D eigenvalue weighted by molar-refractivity contribution is 7.79.